The fourth-order valence-electron chi connectivity index (χ4n) is 3.66. The van der Waals surface area contributed by atoms with E-state index in [1.165, 1.54) is 17.1 Å². The predicted octanol–water partition coefficient (Wildman–Crippen LogP) is 4.10. The van der Waals surface area contributed by atoms with Gasteiger partial charge in [0.2, 0.25) is 0 Å². The lowest BCUT2D eigenvalue weighted by atomic mass is 10.1. The number of amides is 1. The van der Waals surface area contributed by atoms with Gasteiger partial charge in [-0.25, -0.2) is 0 Å². The molecule has 0 N–H and O–H groups in total. The molecule has 0 atom stereocenters. The van der Waals surface area contributed by atoms with E-state index in [9.17, 15) is 14.9 Å². The van der Waals surface area contributed by atoms with Crippen LogP contribution in [0.4, 0.5) is 5.69 Å². The SMILES string of the molecule is O=C(c1ccc(Cn2cc([N+](=O)[O-])cn2)cc1)N1CCN(Cc2ccc(Cl)c(Cl)c2)CC1. The number of halogens is 2. The van der Waals surface area contributed by atoms with Crippen LogP contribution in [-0.4, -0.2) is 56.6 Å². The van der Waals surface area contributed by atoms with Crippen LogP contribution in [0.1, 0.15) is 21.5 Å². The minimum Gasteiger partial charge on any atom is -0.336 e. The molecule has 0 spiro atoms. The van der Waals surface area contributed by atoms with E-state index in [2.05, 4.69) is 10.00 Å². The molecule has 8 nitrogen and oxygen atoms in total. The molecular weight excluding hydrogens is 453 g/mol. The fourth-order valence-corrected chi connectivity index (χ4v) is 3.98. The largest absolute Gasteiger partial charge is 0.336 e. The highest BCUT2D eigenvalue weighted by Gasteiger charge is 2.22. The molecule has 1 saturated heterocycles. The smallest absolute Gasteiger partial charge is 0.307 e. The molecule has 0 saturated carbocycles. The van der Waals surface area contributed by atoms with Gasteiger partial charge in [-0.2, -0.15) is 5.10 Å². The van der Waals surface area contributed by atoms with E-state index in [4.69, 9.17) is 23.2 Å². The van der Waals surface area contributed by atoms with E-state index in [1.807, 2.05) is 29.2 Å². The van der Waals surface area contributed by atoms with Crippen molar-refractivity contribution in [2.75, 3.05) is 26.2 Å². The lowest BCUT2D eigenvalue weighted by Crippen LogP contribution is -2.48. The Hall–Kier alpha value is -2.94. The highest BCUT2D eigenvalue weighted by Crippen LogP contribution is 2.23. The number of aromatic nitrogens is 2. The van der Waals surface area contributed by atoms with E-state index in [-0.39, 0.29) is 11.6 Å². The summed E-state index contributed by atoms with van der Waals surface area (Å²) in [7, 11) is 0. The van der Waals surface area contributed by atoms with Crippen molar-refractivity contribution in [2.45, 2.75) is 13.1 Å². The van der Waals surface area contributed by atoms with Gasteiger partial charge in [-0.05, 0) is 35.4 Å². The second-order valence-electron chi connectivity index (χ2n) is 7.67. The fraction of sp³-hybridized carbons (Fsp3) is 0.273. The molecule has 1 fully saturated rings. The standard InChI is InChI=1S/C22H21Cl2N5O3/c23-20-6-3-17(11-21(20)24)13-26-7-9-27(10-8-26)22(30)18-4-1-16(2-5-18)14-28-15-19(12-25-28)29(31)32/h1-6,11-12,15H,7-10,13-14H2. The Kier molecular flexibility index (Phi) is 6.74. The Morgan fingerprint density at radius 1 is 0.969 bits per heavy atom. The lowest BCUT2D eigenvalue weighted by molar-refractivity contribution is -0.385. The molecule has 1 amide bonds. The number of carbonyl (C=O) groups excluding carboxylic acids is 1. The Labute approximate surface area is 195 Å². The van der Waals surface area contributed by atoms with E-state index in [0.29, 0.717) is 35.2 Å². The highest BCUT2D eigenvalue weighted by atomic mass is 35.5. The molecule has 2 heterocycles. The zero-order valence-electron chi connectivity index (χ0n) is 17.2. The minimum absolute atomic E-state index is 0.000430. The summed E-state index contributed by atoms with van der Waals surface area (Å²) in [5, 5.41) is 15.9. The predicted molar refractivity (Wildman–Crippen MR) is 122 cm³/mol. The van der Waals surface area contributed by atoms with E-state index in [0.717, 1.165) is 30.8 Å². The second kappa shape index (κ2) is 9.68. The van der Waals surface area contributed by atoms with Gasteiger partial charge in [0.15, 0.2) is 0 Å². The molecule has 32 heavy (non-hydrogen) atoms. The molecule has 0 aliphatic carbocycles. The van der Waals surface area contributed by atoms with Crippen LogP contribution >= 0.6 is 23.2 Å². The lowest BCUT2D eigenvalue weighted by Gasteiger charge is -2.34. The van der Waals surface area contributed by atoms with Crippen LogP contribution in [0, 0.1) is 10.1 Å². The van der Waals surface area contributed by atoms with Crippen LogP contribution in [0.2, 0.25) is 10.0 Å². The number of rotatable bonds is 6. The Morgan fingerprint density at radius 3 is 2.28 bits per heavy atom. The monoisotopic (exact) mass is 473 g/mol. The van der Waals surface area contributed by atoms with E-state index in [1.54, 1.807) is 18.2 Å². The van der Waals surface area contributed by atoms with Crippen molar-refractivity contribution in [3.63, 3.8) is 0 Å². The molecule has 1 aliphatic heterocycles. The number of benzene rings is 2. The average molecular weight is 474 g/mol. The molecule has 10 heteroatoms. The third-order valence-electron chi connectivity index (χ3n) is 5.43. The van der Waals surface area contributed by atoms with Gasteiger partial charge in [-0.15, -0.1) is 0 Å². The van der Waals surface area contributed by atoms with Gasteiger partial charge in [0.25, 0.3) is 5.91 Å². The summed E-state index contributed by atoms with van der Waals surface area (Å²) in [5.41, 5.74) is 2.58. The van der Waals surface area contributed by atoms with Gasteiger partial charge in [0.1, 0.15) is 12.4 Å². The first-order valence-electron chi connectivity index (χ1n) is 10.1. The Bertz CT molecular complexity index is 1120. The summed E-state index contributed by atoms with van der Waals surface area (Å²) in [4.78, 5) is 27.3. The Morgan fingerprint density at radius 2 is 1.66 bits per heavy atom. The van der Waals surface area contributed by atoms with Gasteiger partial charge < -0.3 is 4.90 Å². The van der Waals surface area contributed by atoms with Crippen LogP contribution in [0.5, 0.6) is 0 Å². The average Bonchev–Trinajstić information content (AvgIpc) is 3.26. The third-order valence-corrected chi connectivity index (χ3v) is 6.16. The van der Waals surface area contributed by atoms with Crippen LogP contribution in [0.25, 0.3) is 0 Å². The highest BCUT2D eigenvalue weighted by molar-refractivity contribution is 6.42. The number of carbonyl (C=O) groups is 1. The van der Waals surface area contributed by atoms with Crippen molar-refractivity contribution in [3.8, 4) is 0 Å². The number of nitrogens with zero attached hydrogens (tertiary/aromatic N) is 5. The van der Waals surface area contributed by atoms with Crippen molar-refractivity contribution >= 4 is 34.8 Å². The van der Waals surface area contributed by atoms with Gasteiger partial charge in [-0.3, -0.25) is 24.5 Å². The first kappa shape index (κ1) is 22.3. The number of hydrogen-bond acceptors (Lipinski definition) is 5. The molecule has 2 aromatic carbocycles. The van der Waals surface area contributed by atoms with Gasteiger partial charge in [-0.1, -0.05) is 41.4 Å². The van der Waals surface area contributed by atoms with E-state index < -0.39 is 4.92 Å². The topological polar surface area (TPSA) is 84.5 Å². The zero-order chi connectivity index (χ0) is 22.7. The van der Waals surface area contributed by atoms with Crippen molar-refractivity contribution in [2.24, 2.45) is 0 Å². The molecule has 3 aromatic rings. The summed E-state index contributed by atoms with van der Waals surface area (Å²) in [6.45, 7) is 4.02. The minimum atomic E-state index is -0.477. The molecule has 1 aromatic heterocycles. The van der Waals surface area contributed by atoms with Crippen molar-refractivity contribution in [3.05, 3.63) is 91.7 Å². The van der Waals surface area contributed by atoms with Gasteiger partial charge in [0, 0.05) is 38.3 Å². The maximum absolute atomic E-state index is 12.9. The van der Waals surface area contributed by atoms with Crippen molar-refractivity contribution < 1.29 is 9.72 Å². The summed E-state index contributed by atoms with van der Waals surface area (Å²) in [6, 6.07) is 12.9. The number of piperazine rings is 1. The quantitative estimate of drug-likeness (QED) is 0.397. The molecule has 4 rings (SSSR count). The number of nitro groups is 1. The van der Waals surface area contributed by atoms with Crippen LogP contribution in [-0.2, 0) is 13.1 Å². The molecule has 0 radical (unpaired) electrons. The zero-order valence-corrected chi connectivity index (χ0v) is 18.7. The molecular formula is C22H21Cl2N5O3. The molecule has 166 valence electrons. The summed E-state index contributed by atoms with van der Waals surface area (Å²) in [5.74, 6) is 0.000430. The normalized spacial score (nSPS) is 14.5. The van der Waals surface area contributed by atoms with Crippen LogP contribution < -0.4 is 0 Å². The third kappa shape index (κ3) is 5.27. The summed E-state index contributed by atoms with van der Waals surface area (Å²) in [6.07, 6.45) is 2.61. The van der Waals surface area contributed by atoms with Crippen LogP contribution in [0.15, 0.2) is 54.9 Å². The van der Waals surface area contributed by atoms with Gasteiger partial charge >= 0.3 is 5.69 Å². The first-order valence-corrected chi connectivity index (χ1v) is 10.9. The van der Waals surface area contributed by atoms with Crippen molar-refractivity contribution in [1.82, 2.24) is 19.6 Å². The Balaban J connectivity index is 1.30. The summed E-state index contributed by atoms with van der Waals surface area (Å²) >= 11 is 12.1. The maximum atomic E-state index is 12.9. The van der Waals surface area contributed by atoms with Crippen LogP contribution in [0.3, 0.4) is 0 Å². The summed E-state index contributed by atoms with van der Waals surface area (Å²) < 4.78 is 1.50. The molecule has 1 aliphatic rings. The van der Waals surface area contributed by atoms with Crippen molar-refractivity contribution in [1.29, 1.82) is 0 Å². The second-order valence-corrected chi connectivity index (χ2v) is 8.48. The first-order chi connectivity index (χ1) is 15.4. The maximum Gasteiger partial charge on any atom is 0.307 e. The number of hydrogen-bond donors (Lipinski definition) is 0. The van der Waals surface area contributed by atoms with E-state index >= 15 is 0 Å². The molecule has 0 bridgehead atoms. The molecule has 0 unspecified atom stereocenters. The van der Waals surface area contributed by atoms with Gasteiger partial charge in [0.05, 0.1) is 21.5 Å².